The number of halogens is 3. The van der Waals surface area contributed by atoms with Crippen LogP contribution in [0.3, 0.4) is 0 Å². The first kappa shape index (κ1) is 14.2. The lowest BCUT2D eigenvalue weighted by molar-refractivity contribution is -0.116. The number of amides is 1. The Morgan fingerprint density at radius 1 is 1.22 bits per heavy atom. The maximum Gasteiger partial charge on any atom is 0.454 e. The van der Waals surface area contributed by atoms with Gasteiger partial charge in [-0.2, -0.15) is 13.2 Å². The summed E-state index contributed by atoms with van der Waals surface area (Å²) in [5, 5.41) is 2.30. The normalized spacial score (nSPS) is 11.1. The van der Waals surface area contributed by atoms with E-state index in [0.717, 1.165) is 6.07 Å². The van der Waals surface area contributed by atoms with Crippen LogP contribution in [-0.4, -0.2) is 17.9 Å². The van der Waals surface area contributed by atoms with Gasteiger partial charge in [0.25, 0.3) is 5.78 Å². The Labute approximate surface area is 102 Å². The molecule has 0 aliphatic rings. The van der Waals surface area contributed by atoms with E-state index in [9.17, 15) is 22.8 Å². The van der Waals surface area contributed by atoms with Crippen molar-refractivity contribution in [3.05, 3.63) is 29.8 Å². The number of para-hydroxylation sites is 1. The van der Waals surface area contributed by atoms with Gasteiger partial charge in [0, 0.05) is 6.42 Å². The average molecular weight is 259 g/mol. The molecule has 0 bridgehead atoms. The molecule has 0 aliphatic heterocycles. The molecule has 98 valence electrons. The standard InChI is InChI=1S/C12H12F3NO2/c1-2-5-10(17)16-9-7-4-3-6-8(9)11(18)12(13,14)15/h3-4,6-7H,2,5H2,1H3,(H,16,17). The average Bonchev–Trinajstić information content (AvgIpc) is 2.28. The Kier molecular flexibility index (Phi) is 4.47. The number of nitrogens with one attached hydrogen (secondary N) is 1. The van der Waals surface area contributed by atoms with E-state index in [1.807, 2.05) is 0 Å². The fourth-order valence-corrected chi connectivity index (χ4v) is 1.38. The Balaban J connectivity index is 3.00. The minimum atomic E-state index is -4.95. The van der Waals surface area contributed by atoms with Crippen LogP contribution in [0.2, 0.25) is 0 Å². The van der Waals surface area contributed by atoms with Crippen LogP contribution in [0.1, 0.15) is 30.1 Å². The summed E-state index contributed by atoms with van der Waals surface area (Å²) in [6.45, 7) is 1.77. The summed E-state index contributed by atoms with van der Waals surface area (Å²) in [7, 11) is 0. The number of benzene rings is 1. The summed E-state index contributed by atoms with van der Waals surface area (Å²) in [4.78, 5) is 22.5. The second-order valence-corrected chi connectivity index (χ2v) is 3.67. The minimum Gasteiger partial charge on any atom is -0.325 e. The monoisotopic (exact) mass is 259 g/mol. The Hall–Kier alpha value is -1.85. The highest BCUT2D eigenvalue weighted by molar-refractivity contribution is 6.07. The topological polar surface area (TPSA) is 46.2 Å². The van der Waals surface area contributed by atoms with Crippen LogP contribution < -0.4 is 5.32 Å². The molecular formula is C12H12F3NO2. The van der Waals surface area contributed by atoms with E-state index in [1.165, 1.54) is 18.2 Å². The first-order chi connectivity index (χ1) is 8.36. The van der Waals surface area contributed by atoms with Gasteiger partial charge in [-0.3, -0.25) is 9.59 Å². The molecule has 0 aromatic heterocycles. The van der Waals surface area contributed by atoms with Crippen molar-refractivity contribution >= 4 is 17.4 Å². The Bertz CT molecular complexity index is 455. The summed E-state index contributed by atoms with van der Waals surface area (Å²) in [6.07, 6.45) is -4.19. The molecule has 0 saturated carbocycles. The number of carbonyl (C=O) groups is 2. The molecule has 1 amide bonds. The first-order valence-corrected chi connectivity index (χ1v) is 5.36. The molecule has 3 nitrogen and oxygen atoms in total. The van der Waals surface area contributed by atoms with Gasteiger partial charge in [0.2, 0.25) is 5.91 Å². The number of hydrogen-bond donors (Lipinski definition) is 1. The Morgan fingerprint density at radius 3 is 2.39 bits per heavy atom. The second kappa shape index (κ2) is 5.66. The van der Waals surface area contributed by atoms with Crippen molar-refractivity contribution in [3.8, 4) is 0 Å². The number of rotatable bonds is 4. The van der Waals surface area contributed by atoms with E-state index in [4.69, 9.17) is 0 Å². The smallest absolute Gasteiger partial charge is 0.325 e. The van der Waals surface area contributed by atoms with Gasteiger partial charge < -0.3 is 5.32 Å². The van der Waals surface area contributed by atoms with E-state index in [-0.39, 0.29) is 12.1 Å². The van der Waals surface area contributed by atoms with Gasteiger partial charge in [-0.25, -0.2) is 0 Å². The Morgan fingerprint density at radius 2 is 1.83 bits per heavy atom. The van der Waals surface area contributed by atoms with Gasteiger partial charge in [-0.1, -0.05) is 19.1 Å². The molecule has 0 heterocycles. The van der Waals surface area contributed by atoms with Crippen LogP contribution in [0.15, 0.2) is 24.3 Å². The molecule has 18 heavy (non-hydrogen) atoms. The van der Waals surface area contributed by atoms with Crippen LogP contribution in [0.4, 0.5) is 18.9 Å². The minimum absolute atomic E-state index is 0.113. The summed E-state index contributed by atoms with van der Waals surface area (Å²) >= 11 is 0. The maximum atomic E-state index is 12.3. The van der Waals surface area contributed by atoms with Gasteiger partial charge in [0.1, 0.15) is 0 Å². The van der Waals surface area contributed by atoms with Crippen LogP contribution in [0.25, 0.3) is 0 Å². The summed E-state index contributed by atoms with van der Waals surface area (Å²) < 4.78 is 37.0. The molecule has 0 spiro atoms. The highest BCUT2D eigenvalue weighted by atomic mass is 19.4. The van der Waals surface area contributed by atoms with E-state index < -0.39 is 23.4 Å². The molecule has 1 aromatic rings. The third kappa shape index (κ3) is 3.58. The van der Waals surface area contributed by atoms with Crippen LogP contribution >= 0.6 is 0 Å². The molecule has 0 radical (unpaired) electrons. The van der Waals surface area contributed by atoms with Crippen LogP contribution in [0, 0.1) is 0 Å². The third-order valence-electron chi connectivity index (χ3n) is 2.18. The molecule has 6 heteroatoms. The van der Waals surface area contributed by atoms with Gasteiger partial charge in [-0.05, 0) is 18.6 Å². The van der Waals surface area contributed by atoms with E-state index in [2.05, 4.69) is 5.32 Å². The number of hydrogen-bond acceptors (Lipinski definition) is 2. The summed E-state index contributed by atoms with van der Waals surface area (Å²) in [5.41, 5.74) is -0.660. The quantitative estimate of drug-likeness (QED) is 0.844. The largest absolute Gasteiger partial charge is 0.454 e. The fourth-order valence-electron chi connectivity index (χ4n) is 1.38. The lowest BCUT2D eigenvalue weighted by Crippen LogP contribution is -2.24. The van der Waals surface area contributed by atoms with Crippen molar-refractivity contribution in [2.24, 2.45) is 0 Å². The van der Waals surface area contributed by atoms with Gasteiger partial charge in [0.15, 0.2) is 0 Å². The zero-order chi connectivity index (χ0) is 13.8. The number of Topliss-reactive ketones (excluding diaryl/α,β-unsaturated/α-hetero) is 1. The molecule has 1 N–H and O–H groups in total. The predicted octanol–water partition coefficient (Wildman–Crippen LogP) is 3.17. The van der Waals surface area contributed by atoms with Crippen LogP contribution in [-0.2, 0) is 4.79 Å². The van der Waals surface area contributed by atoms with E-state index in [0.29, 0.717) is 6.42 Å². The molecule has 0 atom stereocenters. The van der Waals surface area contributed by atoms with Crippen molar-refractivity contribution in [3.63, 3.8) is 0 Å². The number of ketones is 1. The number of alkyl halides is 3. The van der Waals surface area contributed by atoms with Crippen molar-refractivity contribution in [1.82, 2.24) is 0 Å². The SMILES string of the molecule is CCCC(=O)Nc1ccccc1C(=O)C(F)(F)F. The second-order valence-electron chi connectivity index (χ2n) is 3.67. The van der Waals surface area contributed by atoms with Gasteiger partial charge >= 0.3 is 6.18 Å². The molecule has 0 fully saturated rings. The van der Waals surface area contributed by atoms with Gasteiger partial charge in [0.05, 0.1) is 11.3 Å². The highest BCUT2D eigenvalue weighted by Gasteiger charge is 2.40. The van der Waals surface area contributed by atoms with E-state index >= 15 is 0 Å². The molecule has 0 aliphatic carbocycles. The zero-order valence-corrected chi connectivity index (χ0v) is 9.67. The zero-order valence-electron chi connectivity index (χ0n) is 9.67. The van der Waals surface area contributed by atoms with Crippen molar-refractivity contribution in [1.29, 1.82) is 0 Å². The molecule has 0 saturated heterocycles. The molecule has 0 unspecified atom stereocenters. The lowest BCUT2D eigenvalue weighted by Gasteiger charge is -2.11. The van der Waals surface area contributed by atoms with E-state index in [1.54, 1.807) is 6.92 Å². The van der Waals surface area contributed by atoms with Gasteiger partial charge in [-0.15, -0.1) is 0 Å². The van der Waals surface area contributed by atoms with Crippen molar-refractivity contribution < 1.29 is 22.8 Å². The third-order valence-corrected chi connectivity index (χ3v) is 2.18. The fraction of sp³-hybridized carbons (Fsp3) is 0.333. The maximum absolute atomic E-state index is 12.3. The number of carbonyl (C=O) groups excluding carboxylic acids is 2. The lowest BCUT2D eigenvalue weighted by atomic mass is 10.1. The van der Waals surface area contributed by atoms with Crippen molar-refractivity contribution in [2.75, 3.05) is 5.32 Å². The van der Waals surface area contributed by atoms with Crippen LogP contribution in [0.5, 0.6) is 0 Å². The first-order valence-electron chi connectivity index (χ1n) is 5.36. The number of anilines is 1. The molecule has 1 rings (SSSR count). The molecule has 1 aromatic carbocycles. The predicted molar refractivity (Wildman–Crippen MR) is 60.4 cm³/mol. The van der Waals surface area contributed by atoms with Crippen molar-refractivity contribution in [2.45, 2.75) is 25.9 Å². The summed E-state index contributed by atoms with van der Waals surface area (Å²) in [5.74, 6) is -2.38. The highest BCUT2D eigenvalue weighted by Crippen LogP contribution is 2.26. The summed E-state index contributed by atoms with van der Waals surface area (Å²) in [6, 6.07) is 5.08. The molecular weight excluding hydrogens is 247 g/mol.